The van der Waals surface area contributed by atoms with Gasteiger partial charge in [-0.3, -0.25) is 9.78 Å². The lowest BCUT2D eigenvalue weighted by Crippen LogP contribution is -1.99. The average Bonchev–Trinajstić information content (AvgIpc) is 2.71. The van der Waals surface area contributed by atoms with E-state index in [1.54, 1.807) is 12.4 Å². The molecule has 1 aliphatic carbocycles. The maximum Gasteiger partial charge on any atom is 0.164 e. The van der Waals surface area contributed by atoms with Crippen molar-refractivity contribution < 1.29 is 4.79 Å². The molecule has 0 atom stereocenters. The number of aryl methyl sites for hydroxylation is 1. The highest BCUT2D eigenvalue weighted by Gasteiger charge is 2.17. The van der Waals surface area contributed by atoms with Crippen LogP contribution in [0.25, 0.3) is 0 Å². The number of hydrogen-bond acceptors (Lipinski definition) is 2. The summed E-state index contributed by atoms with van der Waals surface area (Å²) < 4.78 is 2.11. The Kier molecular flexibility index (Phi) is 2.97. The summed E-state index contributed by atoms with van der Waals surface area (Å²) in [5.74, 6) is 0.302. The molecule has 0 amide bonds. The zero-order valence-corrected chi connectivity index (χ0v) is 10.3. The van der Waals surface area contributed by atoms with E-state index >= 15 is 0 Å². The van der Waals surface area contributed by atoms with Crippen LogP contribution in [0.5, 0.6) is 0 Å². The molecule has 0 spiro atoms. The van der Waals surface area contributed by atoms with Crippen molar-refractivity contribution in [3.8, 4) is 0 Å². The van der Waals surface area contributed by atoms with Gasteiger partial charge in [-0.15, -0.1) is 0 Å². The van der Waals surface area contributed by atoms with Gasteiger partial charge in [0.1, 0.15) is 0 Å². The molecule has 0 saturated heterocycles. The number of ketones is 1. The number of carbonyl (C=O) groups is 1. The zero-order chi connectivity index (χ0) is 12.4. The van der Waals surface area contributed by atoms with Crippen molar-refractivity contribution in [2.45, 2.75) is 32.2 Å². The molecule has 0 fully saturated rings. The quantitative estimate of drug-likeness (QED) is 0.756. The first-order chi connectivity index (χ1) is 8.83. The minimum atomic E-state index is 0.302. The van der Waals surface area contributed by atoms with E-state index in [2.05, 4.69) is 15.7 Å². The van der Waals surface area contributed by atoms with Crippen LogP contribution < -0.4 is 0 Å². The van der Waals surface area contributed by atoms with Gasteiger partial charge in [0.15, 0.2) is 5.78 Å². The minimum absolute atomic E-state index is 0.302. The minimum Gasteiger partial charge on any atom is -0.349 e. The van der Waals surface area contributed by atoms with E-state index in [0.717, 1.165) is 31.4 Å². The van der Waals surface area contributed by atoms with Gasteiger partial charge in [0.25, 0.3) is 0 Å². The number of hydrogen-bond donors (Lipinski definition) is 0. The van der Waals surface area contributed by atoms with E-state index < -0.39 is 0 Å². The van der Waals surface area contributed by atoms with Gasteiger partial charge < -0.3 is 4.57 Å². The van der Waals surface area contributed by atoms with E-state index in [-0.39, 0.29) is 0 Å². The molecular formula is C15H16N2O. The van der Waals surface area contributed by atoms with Gasteiger partial charge in [0, 0.05) is 43.3 Å². The predicted molar refractivity (Wildman–Crippen MR) is 69.7 cm³/mol. The molecule has 3 heteroatoms. The third-order valence-corrected chi connectivity index (χ3v) is 3.48. The number of nitrogens with zero attached hydrogens (tertiary/aromatic N) is 2. The van der Waals surface area contributed by atoms with Crippen LogP contribution in [0, 0.1) is 0 Å². The highest BCUT2D eigenvalue weighted by molar-refractivity contribution is 5.97. The molecule has 3 rings (SSSR count). The summed E-state index contributed by atoms with van der Waals surface area (Å²) in [6, 6.07) is 4.01. The molecule has 0 radical (unpaired) electrons. The van der Waals surface area contributed by atoms with Gasteiger partial charge in [0.2, 0.25) is 0 Å². The van der Waals surface area contributed by atoms with Gasteiger partial charge in [-0.2, -0.15) is 0 Å². The Morgan fingerprint density at radius 2 is 1.89 bits per heavy atom. The van der Waals surface area contributed by atoms with E-state index in [4.69, 9.17) is 0 Å². The molecule has 2 aromatic rings. The molecule has 0 N–H and O–H groups in total. The molecular weight excluding hydrogens is 224 g/mol. The third kappa shape index (κ3) is 2.21. The fraction of sp³-hybridized carbons (Fsp3) is 0.333. The topological polar surface area (TPSA) is 34.9 Å². The lowest BCUT2D eigenvalue weighted by atomic mass is 10.1. The Bertz CT molecular complexity index is 557. The maximum absolute atomic E-state index is 11.9. The van der Waals surface area contributed by atoms with Crippen LogP contribution in [0.2, 0.25) is 0 Å². The van der Waals surface area contributed by atoms with Crippen LogP contribution in [0.4, 0.5) is 0 Å². The molecule has 0 aliphatic heterocycles. The molecule has 0 saturated carbocycles. The predicted octanol–water partition coefficient (Wildman–Crippen LogP) is 2.84. The second kappa shape index (κ2) is 4.77. The van der Waals surface area contributed by atoms with Gasteiger partial charge in [-0.05, 0) is 42.5 Å². The summed E-state index contributed by atoms with van der Waals surface area (Å²) >= 11 is 0. The summed E-state index contributed by atoms with van der Waals surface area (Å²) in [5, 5.41) is 0. The first kappa shape index (κ1) is 11.2. The largest absolute Gasteiger partial charge is 0.349 e. The number of aromatic nitrogens is 2. The molecule has 1 aliphatic rings. The lowest BCUT2D eigenvalue weighted by Gasteiger charge is -2.02. The van der Waals surface area contributed by atoms with Crippen molar-refractivity contribution >= 4 is 5.78 Å². The van der Waals surface area contributed by atoms with E-state index in [1.165, 1.54) is 11.1 Å². The second-order valence-electron chi connectivity index (χ2n) is 4.86. The van der Waals surface area contributed by atoms with Crippen LogP contribution in [0.1, 0.15) is 40.7 Å². The molecule has 18 heavy (non-hydrogen) atoms. The highest BCUT2D eigenvalue weighted by atomic mass is 16.1. The lowest BCUT2D eigenvalue weighted by molar-refractivity contribution is 0.0982. The van der Waals surface area contributed by atoms with Crippen molar-refractivity contribution in [3.05, 3.63) is 53.6 Å². The van der Waals surface area contributed by atoms with Crippen molar-refractivity contribution in [2.75, 3.05) is 0 Å². The van der Waals surface area contributed by atoms with Crippen LogP contribution >= 0.6 is 0 Å². The SMILES string of the molecule is O=C1CCCCc2cn(Cc3ccncc3)cc21. The number of fused-ring (bicyclic) bond motifs is 1. The Morgan fingerprint density at radius 1 is 1.11 bits per heavy atom. The maximum atomic E-state index is 11.9. The number of pyridine rings is 1. The number of rotatable bonds is 2. The highest BCUT2D eigenvalue weighted by Crippen LogP contribution is 2.22. The standard InChI is InChI=1S/C15H16N2O/c18-15-4-2-1-3-13-10-17(11-14(13)15)9-12-5-7-16-8-6-12/h5-8,10-11H,1-4,9H2. The summed E-state index contributed by atoms with van der Waals surface area (Å²) in [4.78, 5) is 16.0. The molecule has 2 aromatic heterocycles. The normalized spacial score (nSPS) is 15.2. The first-order valence-electron chi connectivity index (χ1n) is 6.44. The van der Waals surface area contributed by atoms with E-state index in [0.29, 0.717) is 12.2 Å². The van der Waals surface area contributed by atoms with Crippen molar-refractivity contribution in [3.63, 3.8) is 0 Å². The Morgan fingerprint density at radius 3 is 2.72 bits per heavy atom. The molecule has 3 nitrogen and oxygen atoms in total. The van der Waals surface area contributed by atoms with Crippen LogP contribution in [0.15, 0.2) is 36.9 Å². The monoisotopic (exact) mass is 240 g/mol. The number of carbonyl (C=O) groups excluding carboxylic acids is 1. The van der Waals surface area contributed by atoms with E-state index in [1.807, 2.05) is 18.3 Å². The Balaban J connectivity index is 1.87. The van der Waals surface area contributed by atoms with Crippen molar-refractivity contribution in [1.82, 2.24) is 9.55 Å². The molecule has 92 valence electrons. The molecule has 2 heterocycles. The summed E-state index contributed by atoms with van der Waals surface area (Å²) in [6.07, 6.45) is 11.6. The van der Waals surface area contributed by atoms with Gasteiger partial charge in [-0.25, -0.2) is 0 Å². The molecule has 0 bridgehead atoms. The summed E-state index contributed by atoms with van der Waals surface area (Å²) in [7, 11) is 0. The Hall–Kier alpha value is -1.90. The second-order valence-corrected chi connectivity index (χ2v) is 4.86. The fourth-order valence-electron chi connectivity index (χ4n) is 2.53. The average molecular weight is 240 g/mol. The van der Waals surface area contributed by atoms with Crippen LogP contribution in [0.3, 0.4) is 0 Å². The van der Waals surface area contributed by atoms with E-state index in [9.17, 15) is 4.79 Å². The molecule has 0 aromatic carbocycles. The molecule has 0 unspecified atom stereocenters. The van der Waals surface area contributed by atoms with Crippen LogP contribution in [-0.2, 0) is 13.0 Å². The van der Waals surface area contributed by atoms with Crippen molar-refractivity contribution in [2.24, 2.45) is 0 Å². The van der Waals surface area contributed by atoms with Gasteiger partial charge >= 0.3 is 0 Å². The van der Waals surface area contributed by atoms with Crippen LogP contribution in [-0.4, -0.2) is 15.3 Å². The third-order valence-electron chi connectivity index (χ3n) is 3.48. The van der Waals surface area contributed by atoms with Crippen molar-refractivity contribution in [1.29, 1.82) is 0 Å². The Labute approximate surface area is 106 Å². The van der Waals surface area contributed by atoms with Gasteiger partial charge in [0.05, 0.1) is 0 Å². The summed E-state index contributed by atoms with van der Waals surface area (Å²) in [6.45, 7) is 0.808. The zero-order valence-electron chi connectivity index (χ0n) is 10.3. The fourth-order valence-corrected chi connectivity index (χ4v) is 2.53. The smallest absolute Gasteiger partial charge is 0.164 e. The van der Waals surface area contributed by atoms with Gasteiger partial charge in [-0.1, -0.05) is 0 Å². The first-order valence-corrected chi connectivity index (χ1v) is 6.44. The summed E-state index contributed by atoms with van der Waals surface area (Å²) in [5.41, 5.74) is 3.36. The number of Topliss-reactive ketones (excluding diaryl/α,β-unsaturated/α-hetero) is 1.